The predicted molar refractivity (Wildman–Crippen MR) is 105 cm³/mol. The van der Waals surface area contributed by atoms with Gasteiger partial charge in [0.1, 0.15) is 13.3 Å². The van der Waals surface area contributed by atoms with Crippen molar-refractivity contribution in [3.8, 4) is 0 Å². The van der Waals surface area contributed by atoms with Gasteiger partial charge in [-0.25, -0.2) is 4.79 Å². The number of carbonyl (C=O) groups is 1. The van der Waals surface area contributed by atoms with Crippen LogP contribution < -0.4 is 0 Å². The third-order valence-electron chi connectivity index (χ3n) is 4.51. The molecule has 1 atom stereocenters. The molecule has 0 spiro atoms. The summed E-state index contributed by atoms with van der Waals surface area (Å²) in [6, 6.07) is 10.3. The van der Waals surface area contributed by atoms with Crippen molar-refractivity contribution in [2.75, 3.05) is 13.1 Å². The molecule has 4 heteroatoms. The van der Waals surface area contributed by atoms with Gasteiger partial charge in [-0.2, -0.15) is 0 Å². The summed E-state index contributed by atoms with van der Waals surface area (Å²) in [4.78, 5) is 14.6. The minimum Gasteiger partial charge on any atom is -0.442 e. The maximum atomic E-state index is 12.9. The highest BCUT2D eigenvalue weighted by Gasteiger charge is 2.50. The Bertz CT molecular complexity index is 527. The van der Waals surface area contributed by atoms with Crippen molar-refractivity contribution in [3.63, 3.8) is 0 Å². The third-order valence-corrected chi connectivity index (χ3v) is 7.50. The van der Waals surface area contributed by atoms with Gasteiger partial charge in [0.2, 0.25) is 0 Å². The highest BCUT2D eigenvalue weighted by Crippen LogP contribution is 2.45. The Hall–Kier alpha value is -1.29. The zero-order chi connectivity index (χ0) is 18.6. The summed E-state index contributed by atoms with van der Waals surface area (Å²) < 4.78 is 6.36. The molecular formula is C20H35NO2Si. The van der Waals surface area contributed by atoms with Crippen molar-refractivity contribution in [2.24, 2.45) is 5.41 Å². The normalized spacial score (nSPS) is 14.8. The molecule has 1 aromatic rings. The summed E-state index contributed by atoms with van der Waals surface area (Å²) in [5.41, 5.74) is 1.18. The van der Waals surface area contributed by atoms with Crippen LogP contribution in [-0.4, -0.2) is 32.2 Å². The SMILES string of the molecule is CCN(CC)C(=O)OC(CC(C)(C)C)(c1ccccc1)[Si](C)(C)C. The van der Waals surface area contributed by atoms with Crippen molar-refractivity contribution in [2.45, 2.75) is 65.9 Å². The molecule has 3 nitrogen and oxygen atoms in total. The molecule has 0 saturated carbocycles. The first-order valence-electron chi connectivity index (χ1n) is 9.00. The molecule has 0 bridgehead atoms. The molecule has 1 rings (SSSR count). The number of nitrogens with zero attached hydrogens (tertiary/aromatic N) is 1. The molecular weight excluding hydrogens is 314 g/mol. The zero-order valence-electron chi connectivity index (χ0n) is 16.8. The maximum absolute atomic E-state index is 12.9. The van der Waals surface area contributed by atoms with E-state index in [2.05, 4.69) is 52.5 Å². The number of benzene rings is 1. The van der Waals surface area contributed by atoms with Crippen LogP contribution in [0.1, 0.15) is 46.6 Å². The van der Waals surface area contributed by atoms with Crippen molar-refractivity contribution >= 4 is 14.2 Å². The maximum Gasteiger partial charge on any atom is 0.410 e. The molecule has 0 N–H and O–H groups in total. The monoisotopic (exact) mass is 349 g/mol. The fraction of sp³-hybridized carbons (Fsp3) is 0.650. The van der Waals surface area contributed by atoms with Gasteiger partial charge in [-0.15, -0.1) is 0 Å². The van der Waals surface area contributed by atoms with E-state index in [0.29, 0.717) is 13.1 Å². The smallest absolute Gasteiger partial charge is 0.410 e. The van der Waals surface area contributed by atoms with Crippen LogP contribution >= 0.6 is 0 Å². The first kappa shape index (κ1) is 20.8. The van der Waals surface area contributed by atoms with Crippen molar-refractivity contribution in [1.29, 1.82) is 0 Å². The first-order valence-corrected chi connectivity index (χ1v) is 12.5. The topological polar surface area (TPSA) is 29.5 Å². The summed E-state index contributed by atoms with van der Waals surface area (Å²) >= 11 is 0. The molecule has 0 heterocycles. The van der Waals surface area contributed by atoms with Gasteiger partial charge in [-0.05, 0) is 31.2 Å². The molecule has 0 aliphatic heterocycles. The van der Waals surface area contributed by atoms with E-state index in [1.165, 1.54) is 0 Å². The van der Waals surface area contributed by atoms with E-state index in [4.69, 9.17) is 4.74 Å². The Morgan fingerprint density at radius 1 is 1.04 bits per heavy atom. The van der Waals surface area contributed by atoms with Crippen molar-refractivity contribution < 1.29 is 9.53 Å². The molecule has 1 aromatic carbocycles. The van der Waals surface area contributed by atoms with E-state index >= 15 is 0 Å². The van der Waals surface area contributed by atoms with Gasteiger partial charge in [0.25, 0.3) is 0 Å². The van der Waals surface area contributed by atoms with Crippen LogP contribution in [0.3, 0.4) is 0 Å². The molecule has 24 heavy (non-hydrogen) atoms. The number of hydrogen-bond donors (Lipinski definition) is 0. The van der Waals surface area contributed by atoms with Gasteiger partial charge in [0.05, 0.1) is 0 Å². The summed E-state index contributed by atoms with van der Waals surface area (Å²) in [5.74, 6) is 0. The van der Waals surface area contributed by atoms with Crippen LogP contribution in [0.2, 0.25) is 19.6 Å². The van der Waals surface area contributed by atoms with Gasteiger partial charge in [-0.1, -0.05) is 70.7 Å². The molecule has 0 fully saturated rings. The Kier molecular flexibility index (Phi) is 6.68. The first-order chi connectivity index (χ1) is 11.0. The third kappa shape index (κ3) is 4.85. The highest BCUT2D eigenvalue weighted by atomic mass is 28.3. The minimum absolute atomic E-state index is 0.0552. The Balaban J connectivity index is 3.45. The number of carbonyl (C=O) groups excluding carboxylic acids is 1. The summed E-state index contributed by atoms with van der Waals surface area (Å²) in [6.07, 6.45) is 0.628. The predicted octanol–water partition coefficient (Wildman–Crippen LogP) is 5.67. The minimum atomic E-state index is -1.89. The second kappa shape index (κ2) is 7.73. The van der Waals surface area contributed by atoms with Crippen LogP contribution in [0.25, 0.3) is 0 Å². The second-order valence-electron chi connectivity index (χ2n) is 8.72. The van der Waals surface area contributed by atoms with E-state index in [9.17, 15) is 4.79 Å². The van der Waals surface area contributed by atoms with E-state index in [-0.39, 0.29) is 11.5 Å². The van der Waals surface area contributed by atoms with Gasteiger partial charge in [0, 0.05) is 13.1 Å². The van der Waals surface area contributed by atoms with Crippen molar-refractivity contribution in [1.82, 2.24) is 4.90 Å². The van der Waals surface area contributed by atoms with Crippen LogP contribution in [-0.2, 0) is 9.96 Å². The number of amides is 1. The lowest BCUT2D eigenvalue weighted by molar-refractivity contribution is 0.0104. The average molecular weight is 350 g/mol. The summed E-state index contributed by atoms with van der Waals surface area (Å²) in [7, 11) is -1.89. The van der Waals surface area contributed by atoms with E-state index in [1.807, 2.05) is 32.0 Å². The fourth-order valence-electron chi connectivity index (χ4n) is 3.20. The average Bonchev–Trinajstić information content (AvgIpc) is 2.46. The van der Waals surface area contributed by atoms with E-state index < -0.39 is 13.3 Å². The Labute approximate surface area is 149 Å². The van der Waals surface area contributed by atoms with Gasteiger partial charge in [0.15, 0.2) is 0 Å². The number of hydrogen-bond acceptors (Lipinski definition) is 2. The zero-order valence-corrected chi connectivity index (χ0v) is 17.8. The summed E-state index contributed by atoms with van der Waals surface area (Å²) in [6.45, 7) is 18.9. The standard InChI is InChI=1S/C20H35NO2Si/c1-9-21(10-2)18(22)23-20(24(6,7)8,16-19(3,4)5)17-14-12-11-13-15-17/h11-15H,9-10,16H2,1-8H3. The Morgan fingerprint density at radius 3 is 1.92 bits per heavy atom. The Morgan fingerprint density at radius 2 is 1.54 bits per heavy atom. The van der Waals surface area contributed by atoms with Crippen LogP contribution in [0.15, 0.2) is 30.3 Å². The highest BCUT2D eigenvalue weighted by molar-refractivity contribution is 6.78. The van der Waals surface area contributed by atoms with Gasteiger partial charge >= 0.3 is 6.09 Å². The second-order valence-corrected chi connectivity index (χ2v) is 14.0. The largest absolute Gasteiger partial charge is 0.442 e. The lowest BCUT2D eigenvalue weighted by Gasteiger charge is -2.47. The summed E-state index contributed by atoms with van der Waals surface area (Å²) in [5, 5.41) is -0.536. The number of rotatable bonds is 6. The molecule has 1 amide bonds. The molecule has 0 aliphatic carbocycles. The molecule has 1 unspecified atom stereocenters. The van der Waals surface area contributed by atoms with Crippen molar-refractivity contribution in [3.05, 3.63) is 35.9 Å². The fourth-order valence-corrected chi connectivity index (χ4v) is 5.68. The van der Waals surface area contributed by atoms with Crippen LogP contribution in [0.4, 0.5) is 4.79 Å². The molecule has 136 valence electrons. The van der Waals surface area contributed by atoms with Crippen LogP contribution in [0.5, 0.6) is 0 Å². The lowest BCUT2D eigenvalue weighted by Crippen LogP contribution is -2.56. The van der Waals surface area contributed by atoms with Gasteiger partial charge < -0.3 is 9.64 Å². The molecule has 0 saturated heterocycles. The number of ether oxygens (including phenoxy) is 1. The molecule has 0 aromatic heterocycles. The van der Waals surface area contributed by atoms with Gasteiger partial charge in [-0.3, -0.25) is 0 Å². The quantitative estimate of drug-likeness (QED) is 0.619. The molecule has 0 aliphatic rings. The lowest BCUT2D eigenvalue weighted by atomic mass is 9.86. The van der Waals surface area contributed by atoms with E-state index in [1.54, 1.807) is 4.90 Å². The van der Waals surface area contributed by atoms with E-state index in [0.717, 1.165) is 12.0 Å². The molecule has 0 radical (unpaired) electrons. The van der Waals surface area contributed by atoms with Crippen LogP contribution in [0, 0.1) is 5.41 Å².